The number of aryl methyl sites for hydroxylation is 2. The number of benzene rings is 1. The van der Waals surface area contributed by atoms with Gasteiger partial charge in [-0.15, -0.1) is 0 Å². The highest BCUT2D eigenvalue weighted by atomic mass is 16.2. The van der Waals surface area contributed by atoms with Gasteiger partial charge in [0.05, 0.1) is 10.9 Å². The van der Waals surface area contributed by atoms with Gasteiger partial charge in [0.25, 0.3) is 11.5 Å². The third kappa shape index (κ3) is 2.84. The van der Waals surface area contributed by atoms with Gasteiger partial charge in [-0.2, -0.15) is 0 Å². The molecular weight excluding hydrogens is 316 g/mol. The van der Waals surface area contributed by atoms with E-state index in [2.05, 4.69) is 27.5 Å². The van der Waals surface area contributed by atoms with Crippen LogP contribution < -0.4 is 10.9 Å². The molecule has 0 bridgehead atoms. The van der Waals surface area contributed by atoms with Crippen LogP contribution in [0.3, 0.4) is 0 Å². The van der Waals surface area contributed by atoms with Crippen molar-refractivity contribution in [2.45, 2.75) is 19.3 Å². The number of fused-ring (bicyclic) bond motifs is 1. The maximum absolute atomic E-state index is 12.6. The van der Waals surface area contributed by atoms with E-state index < -0.39 is 0 Å². The molecule has 6 nitrogen and oxygen atoms in total. The number of carbonyl (C=O) groups is 1. The largest absolute Gasteiger partial charge is 0.352 e. The standard InChI is InChI=1S/C19H20N4O2/c1-11-8-15(16-17(21-11)23(2)22-19(16)25)18(24)20-10-13-9-14(13)12-6-4-3-5-7-12/h3-8,13-14H,9-10H2,1-2H3,(H,20,24)(H,22,25). The number of aromatic amines is 1. The first-order chi connectivity index (χ1) is 12.0. The predicted molar refractivity (Wildman–Crippen MR) is 95.7 cm³/mol. The number of pyridine rings is 1. The fraction of sp³-hybridized carbons (Fsp3) is 0.316. The first kappa shape index (κ1) is 15.6. The minimum absolute atomic E-state index is 0.217. The maximum atomic E-state index is 12.6. The van der Waals surface area contributed by atoms with E-state index in [0.717, 1.165) is 6.42 Å². The van der Waals surface area contributed by atoms with Gasteiger partial charge in [0.1, 0.15) is 0 Å². The Bertz CT molecular complexity index is 1000. The monoisotopic (exact) mass is 336 g/mol. The molecule has 128 valence electrons. The van der Waals surface area contributed by atoms with Crippen molar-refractivity contribution in [3.63, 3.8) is 0 Å². The van der Waals surface area contributed by atoms with Crippen molar-refractivity contribution >= 4 is 16.9 Å². The van der Waals surface area contributed by atoms with E-state index in [-0.39, 0.29) is 11.5 Å². The van der Waals surface area contributed by atoms with E-state index in [1.54, 1.807) is 17.8 Å². The normalized spacial score (nSPS) is 19.1. The molecule has 25 heavy (non-hydrogen) atoms. The number of rotatable bonds is 4. The summed E-state index contributed by atoms with van der Waals surface area (Å²) in [6.45, 7) is 2.44. The number of H-pyrrole nitrogens is 1. The molecule has 2 N–H and O–H groups in total. The Balaban J connectivity index is 1.51. The lowest BCUT2D eigenvalue weighted by Crippen LogP contribution is -2.27. The molecule has 2 atom stereocenters. The fourth-order valence-corrected chi connectivity index (χ4v) is 3.46. The highest BCUT2D eigenvalue weighted by Crippen LogP contribution is 2.46. The summed E-state index contributed by atoms with van der Waals surface area (Å²) in [5.41, 5.74) is 2.64. The molecule has 0 saturated heterocycles. The van der Waals surface area contributed by atoms with Crippen molar-refractivity contribution in [2.75, 3.05) is 6.54 Å². The molecule has 2 heterocycles. The van der Waals surface area contributed by atoms with E-state index in [4.69, 9.17) is 0 Å². The van der Waals surface area contributed by atoms with Gasteiger partial charge in [-0.25, -0.2) is 4.98 Å². The summed E-state index contributed by atoms with van der Waals surface area (Å²) in [7, 11) is 1.71. The molecule has 1 aliphatic rings. The Labute approximate surface area is 144 Å². The molecule has 3 aromatic rings. The first-order valence-electron chi connectivity index (χ1n) is 8.44. The smallest absolute Gasteiger partial charge is 0.274 e. The summed E-state index contributed by atoms with van der Waals surface area (Å²) in [4.78, 5) is 29.1. The van der Waals surface area contributed by atoms with Crippen molar-refractivity contribution in [1.82, 2.24) is 20.1 Å². The van der Waals surface area contributed by atoms with Crippen LogP contribution >= 0.6 is 0 Å². The van der Waals surface area contributed by atoms with Crippen molar-refractivity contribution in [3.05, 3.63) is 63.6 Å². The molecule has 6 heteroatoms. The summed E-state index contributed by atoms with van der Waals surface area (Å²) in [5, 5.41) is 6.00. The molecule has 0 radical (unpaired) electrons. The zero-order valence-electron chi connectivity index (χ0n) is 14.2. The van der Waals surface area contributed by atoms with Crippen LogP contribution in [-0.2, 0) is 7.05 Å². The highest BCUT2D eigenvalue weighted by molar-refractivity contribution is 6.05. The highest BCUT2D eigenvalue weighted by Gasteiger charge is 2.38. The number of hydrogen-bond acceptors (Lipinski definition) is 3. The lowest BCUT2D eigenvalue weighted by atomic mass is 10.1. The predicted octanol–water partition coefficient (Wildman–Crippen LogP) is 2.10. The van der Waals surface area contributed by atoms with Crippen molar-refractivity contribution in [2.24, 2.45) is 13.0 Å². The van der Waals surface area contributed by atoms with E-state index in [0.29, 0.717) is 40.7 Å². The van der Waals surface area contributed by atoms with Crippen LogP contribution in [0.4, 0.5) is 0 Å². The number of nitrogens with one attached hydrogen (secondary N) is 2. The lowest BCUT2D eigenvalue weighted by molar-refractivity contribution is 0.0953. The topological polar surface area (TPSA) is 79.8 Å². The third-order valence-corrected chi connectivity index (χ3v) is 4.86. The average molecular weight is 336 g/mol. The minimum atomic E-state index is -0.288. The molecule has 1 amide bonds. The zero-order chi connectivity index (χ0) is 17.6. The third-order valence-electron chi connectivity index (χ3n) is 4.86. The van der Waals surface area contributed by atoms with Crippen molar-refractivity contribution in [1.29, 1.82) is 0 Å². The summed E-state index contributed by atoms with van der Waals surface area (Å²) < 4.78 is 1.55. The van der Waals surface area contributed by atoms with Gasteiger partial charge in [-0.3, -0.25) is 19.4 Å². The van der Waals surface area contributed by atoms with E-state index >= 15 is 0 Å². The Morgan fingerprint density at radius 2 is 2.12 bits per heavy atom. The zero-order valence-corrected chi connectivity index (χ0v) is 14.2. The first-order valence-corrected chi connectivity index (χ1v) is 8.44. The Kier molecular flexibility index (Phi) is 3.67. The summed E-state index contributed by atoms with van der Waals surface area (Å²) in [6, 6.07) is 12.0. The van der Waals surface area contributed by atoms with Gasteiger partial charge in [-0.05, 0) is 36.8 Å². The number of hydrogen-bond donors (Lipinski definition) is 2. The van der Waals surface area contributed by atoms with Crippen molar-refractivity contribution in [3.8, 4) is 0 Å². The van der Waals surface area contributed by atoms with Crippen LogP contribution in [0.5, 0.6) is 0 Å². The van der Waals surface area contributed by atoms with Gasteiger partial charge in [0.15, 0.2) is 5.65 Å². The van der Waals surface area contributed by atoms with Crippen LogP contribution in [0.2, 0.25) is 0 Å². The number of amides is 1. The van der Waals surface area contributed by atoms with Gasteiger partial charge in [-0.1, -0.05) is 30.3 Å². The van der Waals surface area contributed by atoms with E-state index in [1.807, 2.05) is 25.1 Å². The lowest BCUT2D eigenvalue weighted by Gasteiger charge is -2.07. The summed E-state index contributed by atoms with van der Waals surface area (Å²) >= 11 is 0. The minimum Gasteiger partial charge on any atom is -0.352 e. The average Bonchev–Trinajstić information content (AvgIpc) is 3.33. The maximum Gasteiger partial charge on any atom is 0.274 e. The second-order valence-corrected chi connectivity index (χ2v) is 6.73. The quantitative estimate of drug-likeness (QED) is 0.766. The Morgan fingerprint density at radius 3 is 2.88 bits per heavy atom. The van der Waals surface area contributed by atoms with Crippen molar-refractivity contribution < 1.29 is 4.79 Å². The molecule has 2 aromatic heterocycles. The van der Waals surface area contributed by atoms with Gasteiger partial charge < -0.3 is 5.32 Å². The van der Waals surface area contributed by atoms with Crippen LogP contribution in [0.25, 0.3) is 11.0 Å². The second-order valence-electron chi connectivity index (χ2n) is 6.73. The van der Waals surface area contributed by atoms with Crippen LogP contribution in [0.15, 0.2) is 41.2 Å². The Morgan fingerprint density at radius 1 is 1.36 bits per heavy atom. The second kappa shape index (κ2) is 5.88. The SMILES string of the molecule is Cc1cc(C(=O)NCC2CC2c2ccccc2)c2c(=O)[nH]n(C)c2n1. The van der Waals surface area contributed by atoms with E-state index in [1.165, 1.54) is 5.56 Å². The van der Waals surface area contributed by atoms with Crippen LogP contribution in [0.1, 0.15) is 34.0 Å². The molecule has 1 saturated carbocycles. The van der Waals surface area contributed by atoms with Gasteiger partial charge in [0.2, 0.25) is 0 Å². The van der Waals surface area contributed by atoms with Gasteiger partial charge >= 0.3 is 0 Å². The summed E-state index contributed by atoms with van der Waals surface area (Å²) in [6.07, 6.45) is 1.08. The molecule has 0 aliphatic heterocycles. The van der Waals surface area contributed by atoms with Gasteiger partial charge in [0, 0.05) is 19.3 Å². The van der Waals surface area contributed by atoms with Crippen LogP contribution in [0, 0.1) is 12.8 Å². The molecule has 1 aliphatic carbocycles. The fourth-order valence-electron chi connectivity index (χ4n) is 3.46. The molecule has 1 fully saturated rings. The molecular formula is C19H20N4O2. The molecule has 4 rings (SSSR count). The number of nitrogens with zero attached hydrogens (tertiary/aromatic N) is 2. The number of carbonyl (C=O) groups excluding carboxylic acids is 1. The Hall–Kier alpha value is -2.89. The summed E-state index contributed by atoms with van der Waals surface area (Å²) in [5.74, 6) is 0.755. The molecule has 2 unspecified atom stereocenters. The van der Waals surface area contributed by atoms with E-state index in [9.17, 15) is 9.59 Å². The number of aromatic nitrogens is 3. The molecule has 0 spiro atoms. The van der Waals surface area contributed by atoms with Crippen LogP contribution in [-0.4, -0.2) is 27.2 Å². The molecule has 1 aromatic carbocycles.